The first-order chi connectivity index (χ1) is 8.73. The number of hydrogen-bond acceptors (Lipinski definition) is 5. The fraction of sp³-hybridized carbons (Fsp3) is 0.600. The molecule has 1 heterocycles. The number of aliphatic carboxylic acids is 1. The van der Waals surface area contributed by atoms with Crippen molar-refractivity contribution in [3.8, 4) is 0 Å². The monoisotopic (exact) mass is 273 g/mol. The van der Waals surface area contributed by atoms with Crippen molar-refractivity contribution in [2.75, 3.05) is 6.54 Å². The van der Waals surface area contributed by atoms with Gasteiger partial charge in [0.15, 0.2) is 6.04 Å². The zero-order valence-electron chi connectivity index (χ0n) is 10.4. The number of urea groups is 1. The molecule has 0 aromatic carbocycles. The average Bonchev–Trinajstić information content (AvgIpc) is 2.29. The molecule has 3 atom stereocenters. The molecule has 1 aliphatic heterocycles. The maximum atomic E-state index is 11.8. The number of piperazine rings is 1. The van der Waals surface area contributed by atoms with E-state index in [0.29, 0.717) is 0 Å². The fourth-order valence-electron chi connectivity index (χ4n) is 1.57. The Bertz CT molecular complexity index is 421. The van der Waals surface area contributed by atoms with Crippen molar-refractivity contribution in [1.82, 2.24) is 15.5 Å². The van der Waals surface area contributed by atoms with Crippen molar-refractivity contribution in [3.63, 3.8) is 0 Å². The molecule has 4 amide bonds. The van der Waals surface area contributed by atoms with Crippen LogP contribution in [-0.4, -0.2) is 63.7 Å². The highest BCUT2D eigenvalue weighted by Gasteiger charge is 2.36. The molecule has 0 saturated carbocycles. The number of carbonyl (C=O) groups excluding carboxylic acids is 3. The van der Waals surface area contributed by atoms with Gasteiger partial charge < -0.3 is 20.4 Å². The number of rotatable bonds is 3. The molecule has 0 radical (unpaired) electrons. The van der Waals surface area contributed by atoms with Crippen LogP contribution in [-0.2, 0) is 14.4 Å². The first kappa shape index (κ1) is 14.9. The number of carbonyl (C=O) groups is 4. The van der Waals surface area contributed by atoms with E-state index in [1.54, 1.807) is 0 Å². The number of aliphatic hydroxyl groups excluding tert-OH is 1. The SMILES string of the molecule is CC(O)C(NC(=O)N1CC(=O)NC(=O)C1C)C(=O)O. The van der Waals surface area contributed by atoms with Gasteiger partial charge in [0.25, 0.3) is 0 Å². The molecule has 106 valence electrons. The van der Waals surface area contributed by atoms with Crippen molar-refractivity contribution in [1.29, 1.82) is 0 Å². The Kier molecular flexibility index (Phi) is 4.43. The van der Waals surface area contributed by atoms with Crippen LogP contribution in [0.25, 0.3) is 0 Å². The zero-order valence-corrected chi connectivity index (χ0v) is 10.4. The number of nitrogens with one attached hydrogen (secondary N) is 2. The Hall–Kier alpha value is -2.16. The number of nitrogens with zero attached hydrogens (tertiary/aromatic N) is 1. The molecule has 1 saturated heterocycles. The van der Waals surface area contributed by atoms with E-state index in [9.17, 15) is 24.3 Å². The first-order valence-electron chi connectivity index (χ1n) is 5.55. The molecule has 0 bridgehead atoms. The van der Waals surface area contributed by atoms with Gasteiger partial charge in [-0.25, -0.2) is 9.59 Å². The van der Waals surface area contributed by atoms with Crippen LogP contribution in [0.5, 0.6) is 0 Å². The number of hydrogen-bond donors (Lipinski definition) is 4. The molecule has 9 heteroatoms. The van der Waals surface area contributed by atoms with Crippen molar-refractivity contribution < 1.29 is 29.4 Å². The molecule has 0 aliphatic carbocycles. The highest BCUT2D eigenvalue weighted by molar-refractivity contribution is 6.04. The predicted octanol–water partition coefficient (Wildman–Crippen LogP) is -2.12. The van der Waals surface area contributed by atoms with Gasteiger partial charge in [0.05, 0.1) is 6.10 Å². The molecular weight excluding hydrogens is 258 g/mol. The maximum absolute atomic E-state index is 11.8. The standard InChI is InChI=1S/C10H15N3O6/c1-4-8(16)11-6(15)3-13(4)10(19)12-7(5(2)14)9(17)18/h4-5,7,14H,3H2,1-2H3,(H,12,19)(H,17,18)(H,11,15,16). The Balaban J connectivity index is 2.78. The molecular formula is C10H15N3O6. The van der Waals surface area contributed by atoms with E-state index in [4.69, 9.17) is 5.11 Å². The van der Waals surface area contributed by atoms with Crippen molar-refractivity contribution >= 4 is 23.8 Å². The van der Waals surface area contributed by atoms with Gasteiger partial charge in [0, 0.05) is 0 Å². The van der Waals surface area contributed by atoms with Gasteiger partial charge in [0.1, 0.15) is 12.6 Å². The van der Waals surface area contributed by atoms with Crippen LogP contribution < -0.4 is 10.6 Å². The van der Waals surface area contributed by atoms with Crippen LogP contribution in [0.1, 0.15) is 13.8 Å². The van der Waals surface area contributed by atoms with E-state index in [1.165, 1.54) is 13.8 Å². The lowest BCUT2D eigenvalue weighted by Crippen LogP contribution is -2.62. The third-order valence-electron chi connectivity index (χ3n) is 2.71. The number of carboxylic acids is 1. The second-order valence-corrected chi connectivity index (χ2v) is 4.22. The summed E-state index contributed by atoms with van der Waals surface area (Å²) in [7, 11) is 0. The summed E-state index contributed by atoms with van der Waals surface area (Å²) in [6.45, 7) is 2.25. The van der Waals surface area contributed by atoms with Crippen molar-refractivity contribution in [2.24, 2.45) is 0 Å². The summed E-state index contributed by atoms with van der Waals surface area (Å²) >= 11 is 0. The summed E-state index contributed by atoms with van der Waals surface area (Å²) in [6, 6.07) is -3.31. The van der Waals surface area contributed by atoms with Gasteiger partial charge in [-0.05, 0) is 13.8 Å². The average molecular weight is 273 g/mol. The summed E-state index contributed by atoms with van der Waals surface area (Å²) in [5.74, 6) is -2.71. The van der Waals surface area contributed by atoms with Gasteiger partial charge in [0.2, 0.25) is 11.8 Å². The van der Waals surface area contributed by atoms with Gasteiger partial charge >= 0.3 is 12.0 Å². The van der Waals surface area contributed by atoms with E-state index >= 15 is 0 Å². The predicted molar refractivity (Wildman–Crippen MR) is 61.0 cm³/mol. The normalized spacial score (nSPS) is 22.5. The van der Waals surface area contributed by atoms with Crippen LogP contribution in [0, 0.1) is 0 Å². The molecule has 1 fully saturated rings. The van der Waals surface area contributed by atoms with Crippen LogP contribution in [0.4, 0.5) is 4.79 Å². The van der Waals surface area contributed by atoms with E-state index in [-0.39, 0.29) is 6.54 Å². The van der Waals surface area contributed by atoms with Crippen molar-refractivity contribution in [2.45, 2.75) is 32.0 Å². The highest BCUT2D eigenvalue weighted by atomic mass is 16.4. The van der Waals surface area contributed by atoms with Gasteiger partial charge in [-0.2, -0.15) is 0 Å². The summed E-state index contributed by atoms with van der Waals surface area (Å²) in [5.41, 5.74) is 0. The fourth-order valence-corrected chi connectivity index (χ4v) is 1.57. The minimum absolute atomic E-state index is 0.356. The summed E-state index contributed by atoms with van der Waals surface area (Å²) in [6.07, 6.45) is -1.31. The topological polar surface area (TPSA) is 136 Å². The van der Waals surface area contributed by atoms with Gasteiger partial charge in [-0.1, -0.05) is 0 Å². The second-order valence-electron chi connectivity index (χ2n) is 4.22. The molecule has 19 heavy (non-hydrogen) atoms. The Morgan fingerprint density at radius 1 is 1.47 bits per heavy atom. The Labute approximate surface area is 108 Å². The maximum Gasteiger partial charge on any atom is 0.328 e. The van der Waals surface area contributed by atoms with Crippen molar-refractivity contribution in [3.05, 3.63) is 0 Å². The molecule has 4 N–H and O–H groups in total. The molecule has 9 nitrogen and oxygen atoms in total. The molecule has 0 aromatic heterocycles. The lowest BCUT2D eigenvalue weighted by Gasteiger charge is -2.32. The largest absolute Gasteiger partial charge is 0.480 e. The molecule has 0 spiro atoms. The molecule has 1 aliphatic rings. The number of carboxylic acid groups (broad SMARTS) is 1. The first-order valence-corrected chi connectivity index (χ1v) is 5.55. The van der Waals surface area contributed by atoms with E-state index in [0.717, 1.165) is 4.90 Å². The minimum atomic E-state index is -1.51. The lowest BCUT2D eigenvalue weighted by molar-refractivity contribution is -0.141. The Morgan fingerprint density at radius 3 is 2.53 bits per heavy atom. The Morgan fingerprint density at radius 2 is 2.05 bits per heavy atom. The van der Waals surface area contributed by atoms with E-state index in [2.05, 4.69) is 5.32 Å². The highest BCUT2D eigenvalue weighted by Crippen LogP contribution is 2.06. The van der Waals surface area contributed by atoms with Gasteiger partial charge in [-0.15, -0.1) is 0 Å². The quantitative estimate of drug-likeness (QED) is 0.434. The number of amides is 4. The van der Waals surface area contributed by atoms with Gasteiger partial charge in [-0.3, -0.25) is 14.9 Å². The number of aliphatic hydroxyl groups is 1. The van der Waals surface area contributed by atoms with Crippen LogP contribution in [0.3, 0.4) is 0 Å². The third kappa shape index (κ3) is 3.41. The smallest absolute Gasteiger partial charge is 0.328 e. The molecule has 1 rings (SSSR count). The van der Waals surface area contributed by atoms with Crippen LogP contribution >= 0.6 is 0 Å². The molecule has 0 aromatic rings. The summed E-state index contributed by atoms with van der Waals surface area (Å²) in [4.78, 5) is 46.1. The second kappa shape index (κ2) is 5.65. The molecule has 3 unspecified atom stereocenters. The summed E-state index contributed by atoms with van der Waals surface area (Å²) in [5, 5.41) is 22.2. The van der Waals surface area contributed by atoms with Crippen LogP contribution in [0.15, 0.2) is 0 Å². The number of imide groups is 1. The van der Waals surface area contributed by atoms with Crippen LogP contribution in [0.2, 0.25) is 0 Å². The van der Waals surface area contributed by atoms with E-state index < -0.39 is 42.0 Å². The van der Waals surface area contributed by atoms with E-state index in [1.807, 2.05) is 5.32 Å². The summed E-state index contributed by atoms with van der Waals surface area (Å²) < 4.78 is 0. The third-order valence-corrected chi connectivity index (χ3v) is 2.71. The minimum Gasteiger partial charge on any atom is -0.480 e. The zero-order chi connectivity index (χ0) is 14.7. The lowest BCUT2D eigenvalue weighted by atomic mass is 10.2.